The minimum absolute atomic E-state index is 0.284. The minimum Gasteiger partial charge on any atom is -0.374 e. The zero-order valence-corrected chi connectivity index (χ0v) is 11.3. The van der Waals surface area contributed by atoms with E-state index in [1.54, 1.807) is 0 Å². The Morgan fingerprint density at radius 1 is 1.18 bits per heavy atom. The van der Waals surface area contributed by atoms with E-state index >= 15 is 0 Å². The Hall–Kier alpha value is -0.120. The van der Waals surface area contributed by atoms with Crippen LogP contribution in [-0.4, -0.2) is 37.5 Å². The van der Waals surface area contributed by atoms with Gasteiger partial charge in [-0.2, -0.15) is 0 Å². The molecule has 17 heavy (non-hydrogen) atoms. The molecule has 0 spiro atoms. The van der Waals surface area contributed by atoms with Gasteiger partial charge in [-0.05, 0) is 39.2 Å². The molecule has 0 heterocycles. The predicted molar refractivity (Wildman–Crippen MR) is 69.2 cm³/mol. The Bertz CT molecular complexity index is 216. The van der Waals surface area contributed by atoms with E-state index in [-0.39, 0.29) is 6.10 Å². The molecule has 2 aliphatic rings. The van der Waals surface area contributed by atoms with Crippen molar-refractivity contribution < 1.29 is 9.47 Å². The van der Waals surface area contributed by atoms with E-state index in [4.69, 9.17) is 9.47 Å². The third kappa shape index (κ3) is 3.43. The lowest BCUT2D eigenvalue weighted by molar-refractivity contribution is -0.164. The Morgan fingerprint density at radius 3 is 2.59 bits per heavy atom. The lowest BCUT2D eigenvalue weighted by Crippen LogP contribution is -2.60. The second-order valence-corrected chi connectivity index (χ2v) is 5.30. The average Bonchev–Trinajstić information content (AvgIpc) is 2.82. The molecular weight excluding hydrogens is 214 g/mol. The van der Waals surface area contributed by atoms with Crippen molar-refractivity contribution in [3.63, 3.8) is 0 Å². The first kappa shape index (κ1) is 13.3. The minimum atomic E-state index is 0.284. The molecule has 3 heteroatoms. The first-order valence-corrected chi connectivity index (χ1v) is 7.35. The maximum absolute atomic E-state index is 6.16. The van der Waals surface area contributed by atoms with Crippen molar-refractivity contribution in [3.8, 4) is 0 Å². The summed E-state index contributed by atoms with van der Waals surface area (Å²) in [5.41, 5.74) is 0. The molecule has 0 radical (unpaired) electrons. The van der Waals surface area contributed by atoms with Crippen molar-refractivity contribution in [2.45, 2.75) is 76.7 Å². The van der Waals surface area contributed by atoms with Gasteiger partial charge < -0.3 is 14.8 Å². The van der Waals surface area contributed by atoms with Gasteiger partial charge in [0.2, 0.25) is 0 Å². The Kier molecular flexibility index (Phi) is 5.26. The van der Waals surface area contributed by atoms with Crippen molar-refractivity contribution in [1.29, 1.82) is 0 Å². The van der Waals surface area contributed by atoms with Crippen molar-refractivity contribution in [3.05, 3.63) is 0 Å². The molecule has 2 aliphatic carbocycles. The topological polar surface area (TPSA) is 30.5 Å². The fourth-order valence-corrected chi connectivity index (χ4v) is 2.93. The summed E-state index contributed by atoms with van der Waals surface area (Å²) in [6.07, 6.45) is 8.63. The molecule has 3 nitrogen and oxygen atoms in total. The highest BCUT2D eigenvalue weighted by Crippen LogP contribution is 2.32. The Balaban J connectivity index is 1.74. The van der Waals surface area contributed by atoms with Crippen LogP contribution in [0.2, 0.25) is 0 Å². The molecule has 2 saturated carbocycles. The quantitative estimate of drug-likeness (QED) is 0.743. The van der Waals surface area contributed by atoms with Gasteiger partial charge in [0.25, 0.3) is 0 Å². The molecule has 2 rings (SSSR count). The van der Waals surface area contributed by atoms with E-state index in [9.17, 15) is 0 Å². The first-order chi connectivity index (χ1) is 8.35. The predicted octanol–water partition coefficient (Wildman–Crippen LogP) is 2.49. The van der Waals surface area contributed by atoms with Crippen LogP contribution in [0.4, 0.5) is 0 Å². The monoisotopic (exact) mass is 241 g/mol. The Morgan fingerprint density at radius 2 is 1.94 bits per heavy atom. The van der Waals surface area contributed by atoms with Gasteiger partial charge >= 0.3 is 0 Å². The first-order valence-electron chi connectivity index (χ1n) is 7.35. The third-order valence-corrected chi connectivity index (χ3v) is 3.93. The summed E-state index contributed by atoms with van der Waals surface area (Å²) in [4.78, 5) is 0. The van der Waals surface area contributed by atoms with Crippen molar-refractivity contribution in [2.75, 3.05) is 13.2 Å². The van der Waals surface area contributed by atoms with Crippen LogP contribution >= 0.6 is 0 Å². The van der Waals surface area contributed by atoms with Crippen LogP contribution < -0.4 is 5.32 Å². The second kappa shape index (κ2) is 6.72. The summed E-state index contributed by atoms with van der Waals surface area (Å²) in [6.45, 7) is 6.15. The van der Waals surface area contributed by atoms with Crippen LogP contribution in [0.3, 0.4) is 0 Å². The van der Waals surface area contributed by atoms with Gasteiger partial charge in [-0.3, -0.25) is 0 Å². The van der Waals surface area contributed by atoms with Gasteiger partial charge in [-0.15, -0.1) is 0 Å². The fourth-order valence-electron chi connectivity index (χ4n) is 2.93. The number of nitrogens with one attached hydrogen (secondary N) is 1. The molecular formula is C14H27NO2. The summed E-state index contributed by atoms with van der Waals surface area (Å²) < 4.78 is 12.0. The number of ether oxygens (including phenoxy) is 2. The summed E-state index contributed by atoms with van der Waals surface area (Å²) in [5.74, 6) is 0. The molecule has 3 unspecified atom stereocenters. The molecule has 0 saturated heterocycles. The largest absolute Gasteiger partial charge is 0.374 e. The van der Waals surface area contributed by atoms with E-state index < -0.39 is 0 Å². The van der Waals surface area contributed by atoms with Crippen LogP contribution in [0.15, 0.2) is 0 Å². The molecule has 3 atom stereocenters. The average molecular weight is 241 g/mol. The van der Waals surface area contributed by atoms with Gasteiger partial charge in [-0.25, -0.2) is 0 Å². The molecule has 100 valence electrons. The van der Waals surface area contributed by atoms with E-state index in [1.165, 1.54) is 32.1 Å². The molecule has 0 bridgehead atoms. The molecule has 0 aromatic rings. The van der Waals surface area contributed by atoms with E-state index in [1.807, 2.05) is 0 Å². The summed E-state index contributed by atoms with van der Waals surface area (Å²) in [7, 11) is 0. The molecule has 0 amide bonds. The highest BCUT2D eigenvalue weighted by molar-refractivity contribution is 4.98. The fraction of sp³-hybridized carbons (Fsp3) is 1.00. The van der Waals surface area contributed by atoms with Gasteiger partial charge in [0.1, 0.15) is 0 Å². The zero-order chi connectivity index (χ0) is 12.1. The van der Waals surface area contributed by atoms with Gasteiger partial charge in [0.05, 0.1) is 18.3 Å². The maximum atomic E-state index is 6.16. The molecule has 0 aliphatic heterocycles. The van der Waals surface area contributed by atoms with Crippen molar-refractivity contribution >= 4 is 0 Å². The van der Waals surface area contributed by atoms with Gasteiger partial charge in [0.15, 0.2) is 0 Å². The van der Waals surface area contributed by atoms with Crippen LogP contribution in [0.1, 0.15) is 52.4 Å². The zero-order valence-electron chi connectivity index (χ0n) is 11.3. The Labute approximate surface area is 105 Å². The second-order valence-electron chi connectivity index (χ2n) is 5.30. The van der Waals surface area contributed by atoms with E-state index in [0.29, 0.717) is 18.2 Å². The molecule has 0 aromatic heterocycles. The standard InChI is InChI=1S/C14H27NO2/c1-3-9-15-12-10-13(14(12)16-4-2)17-11-7-5-6-8-11/h11-15H,3-10H2,1-2H3. The van der Waals surface area contributed by atoms with Crippen LogP contribution in [0, 0.1) is 0 Å². The molecule has 0 aromatic carbocycles. The van der Waals surface area contributed by atoms with Crippen LogP contribution in [0.25, 0.3) is 0 Å². The summed E-state index contributed by atoms with van der Waals surface area (Å²) in [5, 5.41) is 3.55. The normalized spacial score (nSPS) is 33.9. The number of hydrogen-bond donors (Lipinski definition) is 1. The highest BCUT2D eigenvalue weighted by atomic mass is 16.6. The highest BCUT2D eigenvalue weighted by Gasteiger charge is 2.43. The smallest absolute Gasteiger partial charge is 0.0990 e. The van der Waals surface area contributed by atoms with Crippen LogP contribution in [0.5, 0.6) is 0 Å². The number of hydrogen-bond acceptors (Lipinski definition) is 3. The summed E-state index contributed by atoms with van der Waals surface area (Å²) >= 11 is 0. The van der Waals surface area contributed by atoms with Crippen LogP contribution in [-0.2, 0) is 9.47 Å². The maximum Gasteiger partial charge on any atom is 0.0990 e. The van der Waals surface area contributed by atoms with Gasteiger partial charge in [-0.1, -0.05) is 19.8 Å². The SMILES string of the molecule is CCCNC1CC(OC2CCCC2)C1OCC. The van der Waals surface area contributed by atoms with Crippen molar-refractivity contribution in [2.24, 2.45) is 0 Å². The van der Waals surface area contributed by atoms with Crippen molar-refractivity contribution in [1.82, 2.24) is 5.32 Å². The number of rotatable bonds is 7. The van der Waals surface area contributed by atoms with E-state index in [2.05, 4.69) is 19.2 Å². The lowest BCUT2D eigenvalue weighted by Gasteiger charge is -2.45. The molecule has 2 fully saturated rings. The van der Waals surface area contributed by atoms with E-state index in [0.717, 1.165) is 19.6 Å². The van der Waals surface area contributed by atoms with Gasteiger partial charge in [0, 0.05) is 12.6 Å². The molecule has 1 N–H and O–H groups in total. The third-order valence-electron chi connectivity index (χ3n) is 3.93. The lowest BCUT2D eigenvalue weighted by atomic mass is 9.85. The summed E-state index contributed by atoms with van der Waals surface area (Å²) in [6, 6.07) is 0.515.